The number of H-pyrrole nitrogens is 1. The summed E-state index contributed by atoms with van der Waals surface area (Å²) in [6, 6.07) is 18.1. The molecule has 0 aliphatic heterocycles. The molecule has 1 aromatic heterocycles. The van der Waals surface area contributed by atoms with Gasteiger partial charge in [0.1, 0.15) is 0 Å². The van der Waals surface area contributed by atoms with Gasteiger partial charge in [-0.2, -0.15) is 0 Å². The third-order valence-electron chi connectivity index (χ3n) is 4.54. The van der Waals surface area contributed by atoms with Crippen LogP contribution in [-0.2, 0) is 13.0 Å². The molecular formula is C19H20N2. The first kappa shape index (κ1) is 12.7. The zero-order valence-corrected chi connectivity index (χ0v) is 12.1. The van der Waals surface area contributed by atoms with Crippen molar-refractivity contribution in [2.45, 2.75) is 31.8 Å². The molecular weight excluding hydrogens is 256 g/mol. The number of hydrogen-bond acceptors (Lipinski definition) is 1. The molecule has 0 radical (unpaired) electrons. The summed E-state index contributed by atoms with van der Waals surface area (Å²) >= 11 is 0. The van der Waals surface area contributed by atoms with Gasteiger partial charge in [0.2, 0.25) is 0 Å². The molecule has 2 nitrogen and oxygen atoms in total. The van der Waals surface area contributed by atoms with Crippen molar-refractivity contribution >= 4 is 10.9 Å². The molecule has 2 heteroatoms. The highest BCUT2D eigenvalue weighted by Crippen LogP contribution is 2.29. The fourth-order valence-electron chi connectivity index (χ4n) is 3.41. The Hall–Kier alpha value is -2.06. The quantitative estimate of drug-likeness (QED) is 0.732. The maximum Gasteiger partial charge on any atom is 0.0457 e. The molecule has 2 N–H and O–H groups in total. The van der Waals surface area contributed by atoms with Gasteiger partial charge in [0.15, 0.2) is 0 Å². The van der Waals surface area contributed by atoms with E-state index in [1.165, 1.54) is 46.9 Å². The third kappa shape index (κ3) is 2.47. The van der Waals surface area contributed by atoms with E-state index in [4.69, 9.17) is 0 Å². The SMILES string of the molecule is c1ccc2c(c1)CCCC2NCc1ccc2cc[nH]c2c1. The molecule has 0 bridgehead atoms. The van der Waals surface area contributed by atoms with E-state index in [1.807, 2.05) is 6.20 Å². The summed E-state index contributed by atoms with van der Waals surface area (Å²) in [6.45, 7) is 0.925. The van der Waals surface area contributed by atoms with Gasteiger partial charge < -0.3 is 10.3 Å². The van der Waals surface area contributed by atoms with Crippen LogP contribution in [0.5, 0.6) is 0 Å². The van der Waals surface area contributed by atoms with Gasteiger partial charge in [-0.05, 0) is 53.5 Å². The second-order valence-electron chi connectivity index (χ2n) is 5.92. The van der Waals surface area contributed by atoms with Crippen LogP contribution in [0.3, 0.4) is 0 Å². The molecule has 4 rings (SSSR count). The van der Waals surface area contributed by atoms with Gasteiger partial charge in [0, 0.05) is 24.3 Å². The van der Waals surface area contributed by atoms with Crippen molar-refractivity contribution in [1.29, 1.82) is 0 Å². The van der Waals surface area contributed by atoms with Crippen molar-refractivity contribution in [2.24, 2.45) is 0 Å². The molecule has 0 saturated carbocycles. The smallest absolute Gasteiger partial charge is 0.0457 e. The van der Waals surface area contributed by atoms with Crippen LogP contribution in [0.15, 0.2) is 54.7 Å². The largest absolute Gasteiger partial charge is 0.361 e. The van der Waals surface area contributed by atoms with E-state index in [1.54, 1.807) is 0 Å². The van der Waals surface area contributed by atoms with E-state index in [0.717, 1.165) is 6.54 Å². The number of aromatic nitrogens is 1. The average Bonchev–Trinajstić information content (AvgIpc) is 3.00. The molecule has 1 atom stereocenters. The van der Waals surface area contributed by atoms with Crippen LogP contribution in [-0.4, -0.2) is 4.98 Å². The Bertz CT molecular complexity index is 757. The Morgan fingerprint density at radius 1 is 1.10 bits per heavy atom. The number of aromatic amines is 1. The van der Waals surface area contributed by atoms with Crippen LogP contribution in [0, 0.1) is 0 Å². The number of nitrogens with one attached hydrogen (secondary N) is 2. The fourth-order valence-corrected chi connectivity index (χ4v) is 3.41. The number of rotatable bonds is 3. The zero-order valence-electron chi connectivity index (χ0n) is 12.1. The standard InChI is InChI=1S/C19H20N2/c1-2-6-17-15(4-1)5-3-7-18(17)21-13-14-8-9-16-10-11-20-19(16)12-14/h1-2,4,6,8-12,18,20-21H,3,5,7,13H2. The van der Waals surface area contributed by atoms with E-state index in [9.17, 15) is 0 Å². The first-order chi connectivity index (χ1) is 10.4. The summed E-state index contributed by atoms with van der Waals surface area (Å²) in [5, 5.41) is 5.02. The van der Waals surface area contributed by atoms with Gasteiger partial charge in [0.25, 0.3) is 0 Å². The summed E-state index contributed by atoms with van der Waals surface area (Å²) in [5.74, 6) is 0. The zero-order chi connectivity index (χ0) is 14.1. The Labute approximate surface area is 125 Å². The van der Waals surface area contributed by atoms with Crippen LogP contribution in [0.25, 0.3) is 10.9 Å². The van der Waals surface area contributed by atoms with Gasteiger partial charge in [-0.1, -0.05) is 36.4 Å². The lowest BCUT2D eigenvalue weighted by Crippen LogP contribution is -2.24. The number of hydrogen-bond donors (Lipinski definition) is 2. The second-order valence-corrected chi connectivity index (χ2v) is 5.92. The Kier molecular flexibility index (Phi) is 3.24. The average molecular weight is 276 g/mol. The highest BCUT2D eigenvalue weighted by molar-refractivity contribution is 5.79. The van der Waals surface area contributed by atoms with Crippen molar-refractivity contribution in [1.82, 2.24) is 10.3 Å². The minimum atomic E-state index is 0.495. The van der Waals surface area contributed by atoms with Crippen molar-refractivity contribution < 1.29 is 0 Å². The third-order valence-corrected chi connectivity index (χ3v) is 4.54. The van der Waals surface area contributed by atoms with Crippen molar-refractivity contribution in [2.75, 3.05) is 0 Å². The molecule has 1 heterocycles. The van der Waals surface area contributed by atoms with Crippen LogP contribution in [0.1, 0.15) is 35.6 Å². The topological polar surface area (TPSA) is 27.8 Å². The number of benzene rings is 2. The van der Waals surface area contributed by atoms with Gasteiger partial charge in [-0.3, -0.25) is 0 Å². The van der Waals surface area contributed by atoms with Crippen molar-refractivity contribution in [3.8, 4) is 0 Å². The van der Waals surface area contributed by atoms with Crippen molar-refractivity contribution in [3.63, 3.8) is 0 Å². The Morgan fingerprint density at radius 3 is 3.05 bits per heavy atom. The molecule has 0 spiro atoms. The first-order valence-electron chi connectivity index (χ1n) is 7.77. The van der Waals surface area contributed by atoms with E-state index < -0.39 is 0 Å². The van der Waals surface area contributed by atoms with Crippen LogP contribution in [0.2, 0.25) is 0 Å². The van der Waals surface area contributed by atoms with Crippen LogP contribution >= 0.6 is 0 Å². The monoisotopic (exact) mass is 276 g/mol. The van der Waals surface area contributed by atoms with Crippen LogP contribution in [0.4, 0.5) is 0 Å². The summed E-state index contributed by atoms with van der Waals surface area (Å²) in [4.78, 5) is 3.29. The highest BCUT2D eigenvalue weighted by atomic mass is 14.9. The van der Waals surface area contributed by atoms with Crippen LogP contribution < -0.4 is 5.32 Å². The maximum absolute atomic E-state index is 3.74. The number of aryl methyl sites for hydroxylation is 1. The molecule has 0 saturated heterocycles. The molecule has 2 aromatic carbocycles. The molecule has 1 unspecified atom stereocenters. The van der Waals surface area contributed by atoms with Gasteiger partial charge in [-0.15, -0.1) is 0 Å². The van der Waals surface area contributed by atoms with E-state index in [0.29, 0.717) is 6.04 Å². The normalized spacial score (nSPS) is 17.8. The lowest BCUT2D eigenvalue weighted by molar-refractivity contribution is 0.459. The van der Waals surface area contributed by atoms with E-state index in [2.05, 4.69) is 58.8 Å². The lowest BCUT2D eigenvalue weighted by Gasteiger charge is -2.26. The summed E-state index contributed by atoms with van der Waals surface area (Å²) < 4.78 is 0. The predicted octanol–water partition coefficient (Wildman–Crippen LogP) is 4.34. The van der Waals surface area contributed by atoms with Gasteiger partial charge in [-0.25, -0.2) is 0 Å². The fraction of sp³-hybridized carbons (Fsp3) is 0.263. The van der Waals surface area contributed by atoms with Gasteiger partial charge in [0.05, 0.1) is 0 Å². The molecule has 21 heavy (non-hydrogen) atoms. The molecule has 0 amide bonds. The van der Waals surface area contributed by atoms with E-state index >= 15 is 0 Å². The summed E-state index contributed by atoms with van der Waals surface area (Å²) in [5.41, 5.74) is 5.57. The molecule has 106 valence electrons. The molecule has 0 fully saturated rings. The highest BCUT2D eigenvalue weighted by Gasteiger charge is 2.18. The van der Waals surface area contributed by atoms with Gasteiger partial charge >= 0.3 is 0 Å². The Balaban J connectivity index is 1.52. The van der Waals surface area contributed by atoms with Crippen molar-refractivity contribution in [3.05, 3.63) is 71.4 Å². The lowest BCUT2D eigenvalue weighted by atomic mass is 9.87. The molecule has 1 aliphatic carbocycles. The molecule has 3 aromatic rings. The Morgan fingerprint density at radius 2 is 2.05 bits per heavy atom. The predicted molar refractivity (Wildman–Crippen MR) is 87.3 cm³/mol. The second kappa shape index (κ2) is 5.38. The molecule has 1 aliphatic rings. The van der Waals surface area contributed by atoms with E-state index in [-0.39, 0.29) is 0 Å². The number of fused-ring (bicyclic) bond motifs is 2. The summed E-state index contributed by atoms with van der Waals surface area (Å²) in [7, 11) is 0. The first-order valence-corrected chi connectivity index (χ1v) is 7.77. The minimum absolute atomic E-state index is 0.495. The maximum atomic E-state index is 3.74. The summed E-state index contributed by atoms with van der Waals surface area (Å²) in [6.07, 6.45) is 5.74. The minimum Gasteiger partial charge on any atom is -0.361 e.